The molecule has 2 heterocycles. The zero-order valence-corrected chi connectivity index (χ0v) is 19.9. The fraction of sp³-hybridized carbons (Fsp3) is 0.370. The zero-order chi connectivity index (χ0) is 23.1. The largest absolute Gasteiger partial charge is 0.364 e. The first-order chi connectivity index (χ1) is 15.5. The highest BCUT2D eigenvalue weighted by Gasteiger charge is 2.12. The van der Waals surface area contributed by atoms with E-state index >= 15 is 0 Å². The Balaban J connectivity index is 2.06. The minimum absolute atomic E-state index is 0.587. The molecule has 5 nitrogen and oxygen atoms in total. The average Bonchev–Trinajstić information content (AvgIpc) is 2.79. The molecule has 1 N–H and O–H groups in total. The van der Waals surface area contributed by atoms with E-state index in [-0.39, 0.29) is 0 Å². The number of allylic oxidation sites excluding steroid dienone is 2. The molecule has 0 bridgehead atoms. The number of nitrogens with zero attached hydrogens (tertiary/aromatic N) is 4. The Morgan fingerprint density at radius 2 is 2.06 bits per heavy atom. The maximum absolute atomic E-state index is 9.34. The van der Waals surface area contributed by atoms with E-state index in [1.807, 2.05) is 39.0 Å². The summed E-state index contributed by atoms with van der Waals surface area (Å²) >= 11 is 0. The van der Waals surface area contributed by atoms with E-state index in [0.717, 1.165) is 59.0 Å². The highest BCUT2D eigenvalue weighted by molar-refractivity contribution is 5.62. The lowest BCUT2D eigenvalue weighted by molar-refractivity contribution is 0.361. The number of anilines is 1. The molecule has 1 aliphatic heterocycles. The number of nitriles is 1. The van der Waals surface area contributed by atoms with Crippen molar-refractivity contribution in [1.29, 1.82) is 5.26 Å². The molecule has 32 heavy (non-hydrogen) atoms. The van der Waals surface area contributed by atoms with E-state index in [4.69, 9.17) is 0 Å². The normalized spacial score (nSPS) is 16.1. The summed E-state index contributed by atoms with van der Waals surface area (Å²) in [6.07, 6.45) is 11.0. The molecule has 3 rings (SSSR count). The van der Waals surface area contributed by atoms with Gasteiger partial charge >= 0.3 is 0 Å². The van der Waals surface area contributed by atoms with Crippen LogP contribution in [0, 0.1) is 25.2 Å². The Labute approximate surface area is 191 Å². The van der Waals surface area contributed by atoms with Crippen LogP contribution in [0.3, 0.4) is 0 Å². The molecule has 0 radical (unpaired) electrons. The van der Waals surface area contributed by atoms with Crippen LogP contribution in [-0.4, -0.2) is 35.2 Å². The fourth-order valence-corrected chi connectivity index (χ4v) is 4.06. The number of benzene rings is 1. The molecule has 5 heteroatoms. The lowest BCUT2D eigenvalue weighted by atomic mass is 9.97. The Bertz CT molecular complexity index is 1200. The van der Waals surface area contributed by atoms with Crippen LogP contribution in [0.25, 0.3) is 12.2 Å². The van der Waals surface area contributed by atoms with Crippen LogP contribution in [0.4, 0.5) is 5.82 Å². The highest BCUT2D eigenvalue weighted by atomic mass is 15.2. The monoisotopic (exact) mass is 427 g/mol. The van der Waals surface area contributed by atoms with Crippen molar-refractivity contribution in [3.63, 3.8) is 0 Å². The van der Waals surface area contributed by atoms with Crippen LogP contribution in [0.15, 0.2) is 41.5 Å². The number of hydrogen-bond acceptors (Lipinski definition) is 5. The average molecular weight is 428 g/mol. The molecule has 1 aliphatic rings. The van der Waals surface area contributed by atoms with Gasteiger partial charge in [0.25, 0.3) is 0 Å². The third kappa shape index (κ3) is 5.33. The molecule has 0 saturated carbocycles. The number of nitrogens with one attached hydrogen (secondary N) is 1. The predicted octanol–water partition coefficient (Wildman–Crippen LogP) is 3.76. The van der Waals surface area contributed by atoms with Crippen molar-refractivity contribution in [1.82, 2.24) is 15.1 Å². The molecule has 0 amide bonds. The van der Waals surface area contributed by atoms with Gasteiger partial charge in [-0.1, -0.05) is 37.3 Å². The van der Waals surface area contributed by atoms with Crippen LogP contribution in [0.1, 0.15) is 49.1 Å². The number of likely N-dealkylation sites (N-methyl/N-ethyl adjacent to an activating group) is 1. The quantitative estimate of drug-likeness (QED) is 0.761. The smallest absolute Gasteiger partial charge is 0.156 e. The Kier molecular flexibility index (Phi) is 7.97. The number of aromatic nitrogens is 2. The van der Waals surface area contributed by atoms with Crippen molar-refractivity contribution in [3.05, 3.63) is 74.3 Å². The standard InChI is InChI=1S/C27H33N5/c1-6-9-22(21-12-14-32(5)15-13-21)16-26-25(7-2)20(4)30-31-27(26)29-18-24-11-8-10-23(17-28)19(24)3/h7-12,16H,6,13-15,18H2,1-5H3,(H,29,31)/b22-9-,25-7-,26-16+. The number of hydrogen-bond donors (Lipinski definition) is 1. The molecule has 1 aromatic heterocycles. The van der Waals surface area contributed by atoms with Crippen LogP contribution in [-0.2, 0) is 6.54 Å². The summed E-state index contributed by atoms with van der Waals surface area (Å²) in [4.78, 5) is 2.33. The first-order valence-electron chi connectivity index (χ1n) is 11.3. The van der Waals surface area contributed by atoms with E-state index in [2.05, 4.69) is 64.8 Å². The predicted molar refractivity (Wildman–Crippen MR) is 132 cm³/mol. The Morgan fingerprint density at radius 1 is 1.25 bits per heavy atom. The van der Waals surface area contributed by atoms with Crippen molar-refractivity contribution < 1.29 is 0 Å². The molecule has 0 aliphatic carbocycles. The first kappa shape index (κ1) is 23.4. The Hall–Kier alpha value is -3.23. The maximum atomic E-state index is 9.34. The molecule has 2 aromatic rings. The van der Waals surface area contributed by atoms with E-state index in [1.165, 1.54) is 11.1 Å². The fourth-order valence-electron chi connectivity index (χ4n) is 4.06. The van der Waals surface area contributed by atoms with Crippen molar-refractivity contribution in [2.75, 3.05) is 25.5 Å². The molecular formula is C27H33N5. The van der Waals surface area contributed by atoms with Gasteiger partial charge in [-0.3, -0.25) is 0 Å². The molecule has 166 valence electrons. The van der Waals surface area contributed by atoms with Gasteiger partial charge in [-0.2, -0.15) is 10.4 Å². The third-order valence-corrected chi connectivity index (χ3v) is 6.04. The van der Waals surface area contributed by atoms with Gasteiger partial charge in [0.1, 0.15) is 0 Å². The van der Waals surface area contributed by atoms with Crippen molar-refractivity contribution in [2.45, 2.75) is 47.1 Å². The molecule has 0 atom stereocenters. The van der Waals surface area contributed by atoms with Gasteiger partial charge < -0.3 is 10.2 Å². The van der Waals surface area contributed by atoms with Crippen molar-refractivity contribution >= 4 is 18.0 Å². The SMILES string of the molecule is C/C=c1/c(C)nnc(NCc2cccc(C#N)c2C)/c1=C/C(=C/CC)C1=CCN(C)CC1. The van der Waals surface area contributed by atoms with Crippen LogP contribution in [0.5, 0.6) is 0 Å². The van der Waals surface area contributed by atoms with E-state index in [0.29, 0.717) is 12.1 Å². The summed E-state index contributed by atoms with van der Waals surface area (Å²) in [5.41, 5.74) is 6.36. The number of aryl methyl sites for hydroxylation is 1. The van der Waals surface area contributed by atoms with Gasteiger partial charge in [0.2, 0.25) is 0 Å². The van der Waals surface area contributed by atoms with Crippen molar-refractivity contribution in [3.8, 4) is 6.07 Å². The third-order valence-electron chi connectivity index (χ3n) is 6.04. The molecule has 0 spiro atoms. The van der Waals surface area contributed by atoms with Gasteiger partial charge in [0.05, 0.1) is 17.3 Å². The minimum atomic E-state index is 0.587. The second-order valence-corrected chi connectivity index (χ2v) is 8.26. The first-order valence-corrected chi connectivity index (χ1v) is 11.3. The summed E-state index contributed by atoms with van der Waals surface area (Å²) < 4.78 is 0. The molecule has 0 fully saturated rings. The second-order valence-electron chi connectivity index (χ2n) is 8.26. The zero-order valence-electron chi connectivity index (χ0n) is 19.9. The Morgan fingerprint density at radius 3 is 2.72 bits per heavy atom. The molecule has 0 unspecified atom stereocenters. The maximum Gasteiger partial charge on any atom is 0.156 e. The van der Waals surface area contributed by atoms with Gasteiger partial charge in [-0.15, -0.1) is 5.10 Å². The number of rotatable bonds is 6. The van der Waals surface area contributed by atoms with E-state index in [9.17, 15) is 5.26 Å². The molecule has 1 aromatic carbocycles. The van der Waals surface area contributed by atoms with Crippen LogP contribution in [0.2, 0.25) is 0 Å². The second kappa shape index (κ2) is 10.9. The van der Waals surface area contributed by atoms with E-state index in [1.54, 1.807) is 0 Å². The molecule has 0 saturated heterocycles. The van der Waals surface area contributed by atoms with Gasteiger partial charge in [0.15, 0.2) is 5.82 Å². The topological polar surface area (TPSA) is 64.8 Å². The summed E-state index contributed by atoms with van der Waals surface area (Å²) in [5, 5.41) is 23.9. The minimum Gasteiger partial charge on any atom is -0.364 e. The van der Waals surface area contributed by atoms with Gasteiger partial charge in [-0.05, 0) is 75.1 Å². The summed E-state index contributed by atoms with van der Waals surface area (Å²) in [6, 6.07) is 8.09. The lowest BCUT2D eigenvalue weighted by Gasteiger charge is -2.22. The van der Waals surface area contributed by atoms with E-state index < -0.39 is 0 Å². The van der Waals surface area contributed by atoms with Gasteiger partial charge in [0, 0.05) is 30.1 Å². The summed E-state index contributed by atoms with van der Waals surface area (Å²) in [7, 11) is 2.16. The van der Waals surface area contributed by atoms with Crippen LogP contribution < -0.4 is 15.8 Å². The summed E-state index contributed by atoms with van der Waals surface area (Å²) in [5.74, 6) is 0.765. The molecular weight excluding hydrogens is 394 g/mol. The van der Waals surface area contributed by atoms with Gasteiger partial charge in [-0.25, -0.2) is 0 Å². The van der Waals surface area contributed by atoms with Crippen molar-refractivity contribution in [2.24, 2.45) is 0 Å². The summed E-state index contributed by atoms with van der Waals surface area (Å²) in [6.45, 7) is 10.8. The lowest BCUT2D eigenvalue weighted by Crippen LogP contribution is -2.33. The highest BCUT2D eigenvalue weighted by Crippen LogP contribution is 2.20. The van der Waals surface area contributed by atoms with Crippen LogP contribution >= 0.6 is 0 Å².